The summed E-state index contributed by atoms with van der Waals surface area (Å²) in [5.74, 6) is 0.0244. The minimum atomic E-state index is -0.112. The van der Waals surface area contributed by atoms with Gasteiger partial charge in [0.15, 0.2) is 5.78 Å². The van der Waals surface area contributed by atoms with Gasteiger partial charge in [-0.05, 0) is 30.4 Å². The topological polar surface area (TPSA) is 49.4 Å². The van der Waals surface area contributed by atoms with Crippen LogP contribution in [0.15, 0.2) is 54.6 Å². The largest absolute Gasteiger partial charge is 0.338 e. The molecule has 1 heterocycles. The molecule has 1 fully saturated rings. The van der Waals surface area contributed by atoms with Crippen molar-refractivity contribution in [3.05, 3.63) is 60.2 Å². The Hall–Kier alpha value is -2.62. The SMILES string of the molecule is CCCNC(=O)N1CCCC(C(=O)c2ccc(-c3ccccc3)cc2)C1. The van der Waals surface area contributed by atoms with Gasteiger partial charge in [-0.15, -0.1) is 0 Å². The maximum Gasteiger partial charge on any atom is 0.317 e. The lowest BCUT2D eigenvalue weighted by molar-refractivity contribution is 0.0846. The summed E-state index contributed by atoms with van der Waals surface area (Å²) in [6.45, 7) is 3.94. The number of amides is 2. The molecule has 3 rings (SSSR count). The number of hydrogen-bond donors (Lipinski definition) is 1. The maximum absolute atomic E-state index is 12.9. The zero-order chi connectivity index (χ0) is 18.4. The Balaban J connectivity index is 1.66. The third-order valence-electron chi connectivity index (χ3n) is 4.88. The standard InChI is InChI=1S/C22H26N2O2/c1-2-14-23-22(26)24-15-6-9-20(16-24)21(25)19-12-10-18(11-13-19)17-7-4-3-5-8-17/h3-5,7-8,10-13,20H,2,6,9,14-16H2,1H3,(H,23,26). The summed E-state index contributed by atoms with van der Waals surface area (Å²) in [7, 11) is 0. The number of hydrogen-bond acceptors (Lipinski definition) is 2. The Labute approximate surface area is 155 Å². The van der Waals surface area contributed by atoms with E-state index in [1.165, 1.54) is 0 Å². The molecule has 136 valence electrons. The highest BCUT2D eigenvalue weighted by molar-refractivity contribution is 5.98. The van der Waals surface area contributed by atoms with Crippen molar-refractivity contribution in [3.8, 4) is 11.1 Å². The van der Waals surface area contributed by atoms with Gasteiger partial charge in [-0.2, -0.15) is 0 Å². The van der Waals surface area contributed by atoms with Crippen LogP contribution in [-0.2, 0) is 0 Å². The van der Waals surface area contributed by atoms with Crippen LogP contribution in [0.4, 0.5) is 4.79 Å². The van der Waals surface area contributed by atoms with Crippen molar-refractivity contribution in [2.24, 2.45) is 5.92 Å². The zero-order valence-corrected chi connectivity index (χ0v) is 15.3. The summed E-state index contributed by atoms with van der Waals surface area (Å²) < 4.78 is 0. The van der Waals surface area contributed by atoms with Crippen LogP contribution in [0, 0.1) is 5.92 Å². The Morgan fingerprint density at radius 2 is 1.73 bits per heavy atom. The third-order valence-corrected chi connectivity index (χ3v) is 4.88. The van der Waals surface area contributed by atoms with Gasteiger partial charge in [-0.1, -0.05) is 61.5 Å². The molecule has 0 bridgehead atoms. The van der Waals surface area contributed by atoms with E-state index in [1.54, 1.807) is 4.90 Å². The molecular formula is C22H26N2O2. The van der Waals surface area contributed by atoms with Crippen LogP contribution in [0.3, 0.4) is 0 Å². The lowest BCUT2D eigenvalue weighted by Crippen LogP contribution is -2.47. The number of ketones is 1. The van der Waals surface area contributed by atoms with Gasteiger partial charge >= 0.3 is 6.03 Å². The van der Waals surface area contributed by atoms with Gasteiger partial charge in [0.1, 0.15) is 0 Å². The monoisotopic (exact) mass is 350 g/mol. The van der Waals surface area contributed by atoms with Crippen LogP contribution in [0.2, 0.25) is 0 Å². The smallest absolute Gasteiger partial charge is 0.317 e. The van der Waals surface area contributed by atoms with E-state index in [0.29, 0.717) is 13.1 Å². The summed E-state index contributed by atoms with van der Waals surface area (Å²) in [4.78, 5) is 26.8. The van der Waals surface area contributed by atoms with Crippen LogP contribution in [-0.4, -0.2) is 36.3 Å². The van der Waals surface area contributed by atoms with Gasteiger partial charge in [0.2, 0.25) is 0 Å². The average molecular weight is 350 g/mol. The minimum Gasteiger partial charge on any atom is -0.338 e. The first-order valence-corrected chi connectivity index (χ1v) is 9.41. The molecule has 1 aliphatic rings. The van der Waals surface area contributed by atoms with E-state index in [9.17, 15) is 9.59 Å². The van der Waals surface area contributed by atoms with Crippen molar-refractivity contribution in [1.82, 2.24) is 10.2 Å². The highest BCUT2D eigenvalue weighted by Gasteiger charge is 2.28. The molecule has 1 unspecified atom stereocenters. The quantitative estimate of drug-likeness (QED) is 0.814. The minimum absolute atomic E-state index is 0.0521. The van der Waals surface area contributed by atoms with Crippen molar-refractivity contribution in [3.63, 3.8) is 0 Å². The highest BCUT2D eigenvalue weighted by atomic mass is 16.2. The molecule has 1 saturated heterocycles. The predicted octanol–water partition coefficient (Wildman–Crippen LogP) is 4.37. The number of nitrogens with zero attached hydrogens (tertiary/aromatic N) is 1. The first kappa shape index (κ1) is 18.2. The summed E-state index contributed by atoms with van der Waals surface area (Å²) in [6, 6.07) is 17.9. The lowest BCUT2D eigenvalue weighted by atomic mass is 9.89. The van der Waals surface area contributed by atoms with Crippen molar-refractivity contribution < 1.29 is 9.59 Å². The Morgan fingerprint density at radius 1 is 1.04 bits per heavy atom. The van der Waals surface area contributed by atoms with Crippen LogP contribution in [0.1, 0.15) is 36.5 Å². The number of benzene rings is 2. The molecule has 4 heteroatoms. The molecule has 1 aliphatic heterocycles. The van der Waals surface area contributed by atoms with Crippen molar-refractivity contribution in [2.45, 2.75) is 26.2 Å². The fraction of sp³-hybridized carbons (Fsp3) is 0.364. The lowest BCUT2D eigenvalue weighted by Gasteiger charge is -2.32. The molecule has 2 amide bonds. The molecule has 2 aromatic carbocycles. The zero-order valence-electron chi connectivity index (χ0n) is 15.3. The highest BCUT2D eigenvalue weighted by Crippen LogP contribution is 2.24. The fourth-order valence-electron chi connectivity index (χ4n) is 3.41. The second-order valence-electron chi connectivity index (χ2n) is 6.82. The van der Waals surface area contributed by atoms with Crippen molar-refractivity contribution in [1.29, 1.82) is 0 Å². The van der Waals surface area contributed by atoms with Crippen molar-refractivity contribution in [2.75, 3.05) is 19.6 Å². The van der Waals surface area contributed by atoms with E-state index < -0.39 is 0 Å². The number of piperidine rings is 1. The molecule has 1 N–H and O–H groups in total. The van der Waals surface area contributed by atoms with E-state index in [0.717, 1.165) is 42.5 Å². The first-order valence-electron chi connectivity index (χ1n) is 9.41. The van der Waals surface area contributed by atoms with Gasteiger partial charge in [0.05, 0.1) is 0 Å². The van der Waals surface area contributed by atoms with E-state index in [1.807, 2.05) is 49.4 Å². The molecule has 4 nitrogen and oxygen atoms in total. The van der Waals surface area contributed by atoms with Gasteiger partial charge in [0.25, 0.3) is 0 Å². The van der Waals surface area contributed by atoms with E-state index in [2.05, 4.69) is 17.4 Å². The van der Waals surface area contributed by atoms with E-state index in [4.69, 9.17) is 0 Å². The number of carbonyl (C=O) groups excluding carboxylic acids is 2. The molecular weight excluding hydrogens is 324 g/mol. The van der Waals surface area contributed by atoms with Crippen LogP contribution in [0.25, 0.3) is 11.1 Å². The molecule has 0 radical (unpaired) electrons. The number of likely N-dealkylation sites (tertiary alicyclic amines) is 1. The first-order chi connectivity index (χ1) is 12.7. The summed E-state index contributed by atoms with van der Waals surface area (Å²) >= 11 is 0. The molecule has 0 spiro atoms. The molecule has 1 atom stereocenters. The van der Waals surface area contributed by atoms with Crippen LogP contribution in [0.5, 0.6) is 0 Å². The summed E-state index contributed by atoms with van der Waals surface area (Å²) in [5.41, 5.74) is 2.97. The predicted molar refractivity (Wildman–Crippen MR) is 104 cm³/mol. The normalized spacial score (nSPS) is 17.0. The number of urea groups is 1. The Morgan fingerprint density at radius 3 is 2.42 bits per heavy atom. The molecule has 0 saturated carbocycles. The average Bonchev–Trinajstić information content (AvgIpc) is 2.72. The Kier molecular flexibility index (Phi) is 6.05. The number of carbonyl (C=O) groups is 2. The van der Waals surface area contributed by atoms with Gasteiger partial charge < -0.3 is 10.2 Å². The number of Topliss-reactive ketones (excluding diaryl/α,β-unsaturated/α-hetero) is 1. The van der Waals surface area contributed by atoms with Crippen LogP contribution < -0.4 is 5.32 Å². The van der Waals surface area contributed by atoms with Crippen molar-refractivity contribution >= 4 is 11.8 Å². The number of nitrogens with one attached hydrogen (secondary N) is 1. The molecule has 0 aliphatic carbocycles. The van der Waals surface area contributed by atoms with Gasteiger partial charge in [-0.3, -0.25) is 4.79 Å². The van der Waals surface area contributed by atoms with E-state index >= 15 is 0 Å². The maximum atomic E-state index is 12.9. The van der Waals surface area contributed by atoms with E-state index in [-0.39, 0.29) is 17.7 Å². The second-order valence-corrected chi connectivity index (χ2v) is 6.82. The molecule has 2 aromatic rings. The van der Waals surface area contributed by atoms with Crippen LogP contribution >= 0.6 is 0 Å². The molecule has 26 heavy (non-hydrogen) atoms. The third kappa shape index (κ3) is 4.31. The summed E-state index contributed by atoms with van der Waals surface area (Å²) in [6.07, 6.45) is 2.63. The summed E-state index contributed by atoms with van der Waals surface area (Å²) in [5, 5.41) is 2.90. The second kappa shape index (κ2) is 8.65. The Bertz CT molecular complexity index is 740. The molecule has 0 aromatic heterocycles. The fourth-order valence-corrected chi connectivity index (χ4v) is 3.41. The number of rotatable bonds is 5. The van der Waals surface area contributed by atoms with Gasteiger partial charge in [-0.25, -0.2) is 4.79 Å². The van der Waals surface area contributed by atoms with Gasteiger partial charge in [0, 0.05) is 31.1 Å².